The average Bonchev–Trinajstić information content (AvgIpc) is 2.59. The molecule has 3 heteroatoms. The molecule has 0 radical (unpaired) electrons. The van der Waals surface area contributed by atoms with Gasteiger partial charge in [0.1, 0.15) is 5.75 Å². The summed E-state index contributed by atoms with van der Waals surface area (Å²) in [6.45, 7) is 10.9. The Morgan fingerprint density at radius 2 is 1.60 bits per heavy atom. The lowest BCUT2D eigenvalue weighted by Crippen LogP contribution is -2.37. The van der Waals surface area contributed by atoms with E-state index < -0.39 is 0 Å². The van der Waals surface area contributed by atoms with Gasteiger partial charge in [-0.2, -0.15) is 0 Å². The fourth-order valence-corrected chi connectivity index (χ4v) is 3.33. The maximum atomic E-state index is 6.18. The van der Waals surface area contributed by atoms with Crippen molar-refractivity contribution in [1.82, 2.24) is 4.90 Å². The molecular formula is C22H30ClNO. The molecule has 0 fully saturated rings. The predicted octanol–water partition coefficient (Wildman–Crippen LogP) is 6.28. The fraction of sp³-hybridized carbons (Fsp3) is 0.455. The van der Waals surface area contributed by atoms with Crippen LogP contribution in [0.4, 0.5) is 0 Å². The van der Waals surface area contributed by atoms with Crippen molar-refractivity contribution in [3.63, 3.8) is 0 Å². The third kappa shape index (κ3) is 6.05. The number of hydrogen-bond donors (Lipinski definition) is 0. The molecular weight excluding hydrogens is 330 g/mol. The van der Waals surface area contributed by atoms with Crippen LogP contribution in [0.25, 0.3) is 11.1 Å². The zero-order valence-corrected chi connectivity index (χ0v) is 16.6. The Balaban J connectivity index is 1.91. The SMILES string of the molecule is CC(C)N(CCCCOc1ccc(Cl)cc1-c1ccccc1)C(C)C. The van der Waals surface area contributed by atoms with E-state index in [9.17, 15) is 0 Å². The normalized spacial score (nSPS) is 11.5. The molecule has 0 aliphatic rings. The Morgan fingerprint density at radius 1 is 0.920 bits per heavy atom. The molecule has 0 unspecified atom stereocenters. The lowest BCUT2D eigenvalue weighted by molar-refractivity contribution is 0.167. The highest BCUT2D eigenvalue weighted by atomic mass is 35.5. The summed E-state index contributed by atoms with van der Waals surface area (Å²) in [5.41, 5.74) is 2.19. The summed E-state index contributed by atoms with van der Waals surface area (Å²) in [5, 5.41) is 0.732. The van der Waals surface area contributed by atoms with E-state index in [1.165, 1.54) is 0 Å². The highest BCUT2D eigenvalue weighted by Gasteiger charge is 2.12. The van der Waals surface area contributed by atoms with E-state index in [1.54, 1.807) is 0 Å². The average molecular weight is 360 g/mol. The third-order valence-electron chi connectivity index (χ3n) is 4.42. The number of nitrogens with zero attached hydrogens (tertiary/aromatic N) is 1. The van der Waals surface area contributed by atoms with Crippen molar-refractivity contribution in [3.05, 3.63) is 53.6 Å². The van der Waals surface area contributed by atoms with Gasteiger partial charge in [-0.05, 0) is 70.8 Å². The standard InChI is InChI=1S/C22H30ClNO/c1-17(2)24(18(3)4)14-8-9-15-25-22-13-12-20(23)16-21(22)19-10-6-5-7-11-19/h5-7,10-13,16-18H,8-9,14-15H2,1-4H3. The van der Waals surface area contributed by atoms with Gasteiger partial charge in [-0.3, -0.25) is 4.90 Å². The molecule has 0 spiro atoms. The summed E-state index contributed by atoms with van der Waals surface area (Å²) in [7, 11) is 0. The number of unbranched alkanes of at least 4 members (excludes halogenated alkanes) is 1. The quantitative estimate of drug-likeness (QED) is 0.488. The Labute approximate surface area is 157 Å². The minimum Gasteiger partial charge on any atom is -0.493 e. The topological polar surface area (TPSA) is 12.5 Å². The number of rotatable bonds is 9. The van der Waals surface area contributed by atoms with Crippen molar-refractivity contribution in [1.29, 1.82) is 0 Å². The Hall–Kier alpha value is -1.51. The Kier molecular flexibility index (Phi) is 7.80. The van der Waals surface area contributed by atoms with Gasteiger partial charge in [0.2, 0.25) is 0 Å². The van der Waals surface area contributed by atoms with Crippen LogP contribution in [0.15, 0.2) is 48.5 Å². The van der Waals surface area contributed by atoms with E-state index in [0.717, 1.165) is 47.9 Å². The lowest BCUT2D eigenvalue weighted by atomic mass is 10.0. The van der Waals surface area contributed by atoms with Gasteiger partial charge < -0.3 is 4.74 Å². The molecule has 0 heterocycles. The predicted molar refractivity (Wildman–Crippen MR) is 109 cm³/mol. The number of halogens is 1. The van der Waals surface area contributed by atoms with E-state index in [2.05, 4.69) is 44.7 Å². The molecule has 0 saturated carbocycles. The molecule has 136 valence electrons. The summed E-state index contributed by atoms with van der Waals surface area (Å²) < 4.78 is 6.07. The van der Waals surface area contributed by atoms with E-state index in [1.807, 2.05) is 36.4 Å². The molecule has 0 bridgehead atoms. The van der Waals surface area contributed by atoms with Crippen molar-refractivity contribution < 1.29 is 4.74 Å². The third-order valence-corrected chi connectivity index (χ3v) is 4.66. The molecule has 0 aliphatic heterocycles. The van der Waals surface area contributed by atoms with Crippen LogP contribution in [0.1, 0.15) is 40.5 Å². The van der Waals surface area contributed by atoms with E-state index in [0.29, 0.717) is 12.1 Å². The number of hydrogen-bond acceptors (Lipinski definition) is 2. The number of ether oxygens (including phenoxy) is 1. The van der Waals surface area contributed by atoms with Gasteiger partial charge in [0.15, 0.2) is 0 Å². The van der Waals surface area contributed by atoms with Gasteiger partial charge in [0, 0.05) is 22.7 Å². The van der Waals surface area contributed by atoms with Crippen LogP contribution in [-0.2, 0) is 0 Å². The van der Waals surface area contributed by atoms with Crippen LogP contribution in [-0.4, -0.2) is 30.1 Å². The highest BCUT2D eigenvalue weighted by molar-refractivity contribution is 6.31. The molecule has 0 N–H and O–H groups in total. The maximum Gasteiger partial charge on any atom is 0.127 e. The molecule has 2 nitrogen and oxygen atoms in total. The molecule has 2 rings (SSSR count). The first-order valence-corrected chi connectivity index (χ1v) is 9.60. The second kappa shape index (κ2) is 9.84. The first-order chi connectivity index (χ1) is 12.0. The minimum atomic E-state index is 0.585. The van der Waals surface area contributed by atoms with Crippen LogP contribution >= 0.6 is 11.6 Å². The van der Waals surface area contributed by atoms with E-state index in [-0.39, 0.29) is 0 Å². The van der Waals surface area contributed by atoms with Gasteiger partial charge in [-0.15, -0.1) is 0 Å². The van der Waals surface area contributed by atoms with Crippen molar-refractivity contribution in [2.75, 3.05) is 13.2 Å². The Bertz CT molecular complexity index is 632. The van der Waals surface area contributed by atoms with Gasteiger partial charge in [-0.25, -0.2) is 0 Å². The second-order valence-corrected chi connectivity index (χ2v) is 7.42. The van der Waals surface area contributed by atoms with Gasteiger partial charge in [-0.1, -0.05) is 41.9 Å². The molecule has 2 aromatic carbocycles. The van der Waals surface area contributed by atoms with Crippen LogP contribution in [0, 0.1) is 0 Å². The van der Waals surface area contributed by atoms with Crippen molar-refractivity contribution in [2.24, 2.45) is 0 Å². The summed E-state index contributed by atoms with van der Waals surface area (Å²) in [6, 6.07) is 17.3. The van der Waals surface area contributed by atoms with Gasteiger partial charge in [0.25, 0.3) is 0 Å². The molecule has 0 aliphatic carbocycles. The van der Waals surface area contributed by atoms with Crippen LogP contribution in [0.2, 0.25) is 5.02 Å². The summed E-state index contributed by atoms with van der Waals surface area (Å²) in [6.07, 6.45) is 2.19. The fourth-order valence-electron chi connectivity index (χ4n) is 3.16. The largest absolute Gasteiger partial charge is 0.493 e. The molecule has 25 heavy (non-hydrogen) atoms. The van der Waals surface area contributed by atoms with Gasteiger partial charge in [0.05, 0.1) is 6.61 Å². The van der Waals surface area contributed by atoms with Gasteiger partial charge >= 0.3 is 0 Å². The first-order valence-electron chi connectivity index (χ1n) is 9.22. The summed E-state index contributed by atoms with van der Waals surface area (Å²) in [5.74, 6) is 0.903. The molecule has 0 amide bonds. The molecule has 0 aromatic heterocycles. The highest BCUT2D eigenvalue weighted by Crippen LogP contribution is 2.32. The zero-order chi connectivity index (χ0) is 18.2. The monoisotopic (exact) mass is 359 g/mol. The smallest absolute Gasteiger partial charge is 0.127 e. The Morgan fingerprint density at radius 3 is 2.24 bits per heavy atom. The van der Waals surface area contributed by atoms with E-state index >= 15 is 0 Å². The zero-order valence-electron chi connectivity index (χ0n) is 15.8. The number of benzene rings is 2. The minimum absolute atomic E-state index is 0.585. The summed E-state index contributed by atoms with van der Waals surface area (Å²) in [4.78, 5) is 2.53. The lowest BCUT2D eigenvalue weighted by Gasteiger charge is -2.30. The molecule has 0 atom stereocenters. The van der Waals surface area contributed by atoms with Crippen LogP contribution in [0.5, 0.6) is 5.75 Å². The van der Waals surface area contributed by atoms with E-state index in [4.69, 9.17) is 16.3 Å². The second-order valence-electron chi connectivity index (χ2n) is 6.99. The van der Waals surface area contributed by atoms with Crippen molar-refractivity contribution in [3.8, 4) is 16.9 Å². The molecule has 0 saturated heterocycles. The first kappa shape index (κ1) is 19.8. The maximum absolute atomic E-state index is 6.18. The molecule has 2 aromatic rings. The van der Waals surface area contributed by atoms with Crippen LogP contribution < -0.4 is 4.74 Å². The summed E-state index contributed by atoms with van der Waals surface area (Å²) >= 11 is 6.18. The van der Waals surface area contributed by atoms with Crippen LogP contribution in [0.3, 0.4) is 0 Å². The van der Waals surface area contributed by atoms with Crippen molar-refractivity contribution in [2.45, 2.75) is 52.6 Å². The van der Waals surface area contributed by atoms with Crippen molar-refractivity contribution >= 4 is 11.6 Å².